The van der Waals surface area contributed by atoms with Crippen molar-refractivity contribution in [1.29, 1.82) is 0 Å². The van der Waals surface area contributed by atoms with Gasteiger partial charge in [-0.05, 0) is 68.3 Å². The van der Waals surface area contributed by atoms with Gasteiger partial charge < -0.3 is 32.7 Å². The SMILES string of the molecule is C.COc1ccc(C[C@@H]2c3cc(OC)c(OC)cc3CC[N@+]2(C)CCC(=O)OC(C)(C)C)cc1OC.O=S(=O)([O-])c1ccccc1. The molecule has 0 radical (unpaired) electrons. The second kappa shape index (κ2) is 16.2. The quantitative estimate of drug-likeness (QED) is 0.147. The molecule has 11 heteroatoms. The second-order valence-corrected chi connectivity index (χ2v) is 13.5. The lowest BCUT2D eigenvalue weighted by Crippen LogP contribution is -2.53. The fourth-order valence-electron chi connectivity index (χ4n) is 5.49. The van der Waals surface area contributed by atoms with Crippen LogP contribution in [0.25, 0.3) is 0 Å². The van der Waals surface area contributed by atoms with Gasteiger partial charge in [0.15, 0.2) is 23.0 Å². The average molecular weight is 660 g/mol. The first kappa shape index (κ1) is 38.4. The number of esters is 1. The lowest BCUT2D eigenvalue weighted by atomic mass is 9.86. The summed E-state index contributed by atoms with van der Waals surface area (Å²) in [6, 6.07) is 17.5. The highest BCUT2D eigenvalue weighted by Gasteiger charge is 2.40. The van der Waals surface area contributed by atoms with E-state index in [0.717, 1.165) is 35.2 Å². The van der Waals surface area contributed by atoms with Gasteiger partial charge >= 0.3 is 5.97 Å². The molecule has 0 saturated carbocycles. The third-order valence-corrected chi connectivity index (χ3v) is 8.65. The maximum Gasteiger partial charge on any atom is 0.312 e. The van der Waals surface area contributed by atoms with Crippen LogP contribution < -0.4 is 18.9 Å². The van der Waals surface area contributed by atoms with E-state index in [1.807, 2.05) is 32.9 Å². The molecule has 254 valence electrons. The molecular formula is C35H49NO9S. The Bertz CT molecular complexity index is 1550. The van der Waals surface area contributed by atoms with Gasteiger partial charge in [0.25, 0.3) is 0 Å². The number of methoxy groups -OCH3 is 4. The normalized spacial score (nSPS) is 17.3. The van der Waals surface area contributed by atoms with E-state index in [-0.39, 0.29) is 24.3 Å². The number of nitrogens with zero attached hydrogens (tertiary/aromatic N) is 1. The van der Waals surface area contributed by atoms with Gasteiger partial charge in [-0.3, -0.25) is 4.79 Å². The number of hydrogen-bond acceptors (Lipinski definition) is 9. The number of fused-ring (bicyclic) bond motifs is 1. The van der Waals surface area contributed by atoms with Crippen LogP contribution in [0, 0.1) is 0 Å². The summed E-state index contributed by atoms with van der Waals surface area (Å²) in [5.41, 5.74) is 3.11. The first-order valence-electron chi connectivity index (χ1n) is 14.7. The van der Waals surface area contributed by atoms with Gasteiger partial charge in [-0.15, -0.1) is 0 Å². The van der Waals surface area contributed by atoms with E-state index in [2.05, 4.69) is 25.2 Å². The molecule has 0 bridgehead atoms. The third-order valence-electron chi connectivity index (χ3n) is 7.80. The fraction of sp³-hybridized carbons (Fsp3) is 0.457. The molecule has 3 aromatic rings. The number of rotatable bonds is 10. The Hall–Kier alpha value is -3.80. The van der Waals surface area contributed by atoms with Gasteiger partial charge in [-0.1, -0.05) is 31.7 Å². The maximum absolute atomic E-state index is 12.6. The zero-order valence-corrected chi connectivity index (χ0v) is 28.2. The highest BCUT2D eigenvalue weighted by atomic mass is 32.2. The molecule has 1 heterocycles. The number of benzene rings is 3. The summed E-state index contributed by atoms with van der Waals surface area (Å²) in [4.78, 5) is 12.4. The Kier molecular flexibility index (Phi) is 13.5. The van der Waals surface area contributed by atoms with Gasteiger partial charge in [0.2, 0.25) is 0 Å². The molecule has 10 nitrogen and oxygen atoms in total. The highest BCUT2D eigenvalue weighted by Crippen LogP contribution is 2.43. The number of hydrogen-bond donors (Lipinski definition) is 0. The molecule has 3 aromatic carbocycles. The van der Waals surface area contributed by atoms with Crippen LogP contribution in [0.1, 0.15) is 57.4 Å². The number of carbonyl (C=O) groups is 1. The first-order chi connectivity index (χ1) is 21.1. The Balaban J connectivity index is 0.000000570. The molecule has 0 spiro atoms. The number of ether oxygens (including phenoxy) is 5. The lowest BCUT2D eigenvalue weighted by Gasteiger charge is -2.46. The van der Waals surface area contributed by atoms with Crippen LogP contribution in [0.4, 0.5) is 0 Å². The smallest absolute Gasteiger partial charge is 0.312 e. The molecule has 0 unspecified atom stereocenters. The number of quaternary nitrogens is 1. The highest BCUT2D eigenvalue weighted by molar-refractivity contribution is 7.85. The van der Waals surface area contributed by atoms with Gasteiger partial charge in [0.1, 0.15) is 21.8 Å². The van der Waals surface area contributed by atoms with Gasteiger partial charge in [0.05, 0.1) is 59.9 Å². The molecule has 0 N–H and O–H groups in total. The van der Waals surface area contributed by atoms with Crippen LogP contribution in [0.3, 0.4) is 0 Å². The Morgan fingerprint density at radius 1 is 0.870 bits per heavy atom. The second-order valence-electron chi connectivity index (χ2n) is 12.1. The monoisotopic (exact) mass is 659 g/mol. The molecule has 2 atom stereocenters. The van der Waals surface area contributed by atoms with Crippen molar-refractivity contribution in [3.63, 3.8) is 0 Å². The predicted molar refractivity (Wildman–Crippen MR) is 177 cm³/mol. The van der Waals surface area contributed by atoms with E-state index in [1.54, 1.807) is 34.5 Å². The van der Waals surface area contributed by atoms with E-state index in [0.29, 0.717) is 30.2 Å². The minimum absolute atomic E-state index is 0. The predicted octanol–water partition coefficient (Wildman–Crippen LogP) is 5.97. The summed E-state index contributed by atoms with van der Waals surface area (Å²) < 4.78 is 59.3. The van der Waals surface area contributed by atoms with E-state index in [4.69, 9.17) is 23.7 Å². The minimum atomic E-state index is -4.25. The van der Waals surface area contributed by atoms with Crippen LogP contribution in [-0.4, -0.2) is 77.6 Å². The lowest BCUT2D eigenvalue weighted by molar-refractivity contribution is -0.940. The van der Waals surface area contributed by atoms with Gasteiger partial charge in [-0.2, -0.15) is 0 Å². The summed E-state index contributed by atoms with van der Waals surface area (Å²) in [5.74, 6) is 2.69. The Morgan fingerprint density at radius 2 is 1.43 bits per heavy atom. The summed E-state index contributed by atoms with van der Waals surface area (Å²) >= 11 is 0. The number of carbonyl (C=O) groups excluding carboxylic acids is 1. The van der Waals surface area contributed by atoms with Crippen LogP contribution in [0.15, 0.2) is 65.6 Å². The fourth-order valence-corrected chi connectivity index (χ4v) is 5.98. The van der Waals surface area contributed by atoms with E-state index in [1.165, 1.54) is 35.4 Å². The van der Waals surface area contributed by atoms with E-state index in [9.17, 15) is 17.8 Å². The Labute approximate surface area is 274 Å². The van der Waals surface area contributed by atoms with Crippen LogP contribution in [-0.2, 0) is 32.5 Å². The average Bonchev–Trinajstić information content (AvgIpc) is 3.00. The molecular weight excluding hydrogens is 610 g/mol. The number of likely N-dealkylation sites (N-methyl/N-ethyl adjacent to an activating group) is 1. The van der Waals surface area contributed by atoms with Crippen molar-refractivity contribution in [3.8, 4) is 23.0 Å². The molecule has 0 fully saturated rings. The molecule has 0 aromatic heterocycles. The molecule has 0 saturated heterocycles. The molecule has 1 aliphatic rings. The summed E-state index contributed by atoms with van der Waals surface area (Å²) in [5, 5.41) is 0. The summed E-state index contributed by atoms with van der Waals surface area (Å²) in [6.07, 6.45) is 2.02. The van der Waals surface area contributed by atoms with Crippen molar-refractivity contribution in [3.05, 3.63) is 77.4 Å². The Morgan fingerprint density at radius 3 is 1.96 bits per heavy atom. The van der Waals surface area contributed by atoms with Crippen molar-refractivity contribution in [1.82, 2.24) is 0 Å². The maximum atomic E-state index is 12.6. The topological polar surface area (TPSA) is 120 Å². The zero-order chi connectivity index (χ0) is 33.4. The van der Waals surface area contributed by atoms with Crippen molar-refractivity contribution in [2.24, 2.45) is 0 Å². The largest absolute Gasteiger partial charge is 0.744 e. The summed E-state index contributed by atoms with van der Waals surface area (Å²) in [7, 11) is 4.59. The van der Waals surface area contributed by atoms with Gasteiger partial charge in [0, 0.05) is 18.4 Å². The minimum Gasteiger partial charge on any atom is -0.744 e. The van der Waals surface area contributed by atoms with E-state index < -0.39 is 15.7 Å². The van der Waals surface area contributed by atoms with Crippen molar-refractivity contribution < 1.29 is 45.9 Å². The summed E-state index contributed by atoms with van der Waals surface area (Å²) in [6.45, 7) is 7.29. The van der Waals surface area contributed by atoms with Crippen LogP contribution >= 0.6 is 0 Å². The molecule has 0 amide bonds. The molecule has 46 heavy (non-hydrogen) atoms. The first-order valence-corrected chi connectivity index (χ1v) is 16.1. The zero-order valence-electron chi connectivity index (χ0n) is 27.4. The van der Waals surface area contributed by atoms with Crippen LogP contribution in [0.5, 0.6) is 23.0 Å². The van der Waals surface area contributed by atoms with Crippen LogP contribution in [0.2, 0.25) is 0 Å². The van der Waals surface area contributed by atoms with Crippen molar-refractivity contribution >= 4 is 16.1 Å². The van der Waals surface area contributed by atoms with Crippen molar-refractivity contribution in [2.45, 2.75) is 64.0 Å². The molecule has 4 rings (SSSR count). The van der Waals surface area contributed by atoms with E-state index >= 15 is 0 Å². The van der Waals surface area contributed by atoms with Crippen molar-refractivity contribution in [2.75, 3.05) is 48.6 Å². The van der Waals surface area contributed by atoms with Gasteiger partial charge in [-0.25, -0.2) is 8.42 Å². The molecule has 0 aliphatic carbocycles. The third kappa shape index (κ3) is 10.1. The molecule has 1 aliphatic heterocycles. The standard InChI is InChI=1S/C28H40NO6.C6H6O3S.CH4/c1-28(2,3)35-27(30)12-14-29(4)13-11-20-17-25(33-7)26(34-8)18-21(20)22(29)15-19-9-10-23(31-5)24(16-19)32-6;7-10(8,9)6-4-2-1-3-5-6;/h9-10,16-18,22H,11-15H2,1-8H3;1-5H,(H,7,8,9);1H4/q+1;;/p-1/t22-,29-;;/m1../s1.